The molecule has 0 spiro atoms. The summed E-state index contributed by atoms with van der Waals surface area (Å²) in [6.45, 7) is 6.16. The number of anilines is 1. The van der Waals surface area contributed by atoms with Crippen LogP contribution in [0, 0.1) is 0 Å². The molecule has 1 rings (SSSR count). The number of sulfone groups is 1. The number of carbonyl (C=O) groups is 1. The van der Waals surface area contributed by atoms with E-state index in [1.165, 1.54) is 18.3 Å². The van der Waals surface area contributed by atoms with Crippen LogP contribution in [0.25, 0.3) is 0 Å². The molecule has 1 aromatic rings. The van der Waals surface area contributed by atoms with E-state index in [1.54, 1.807) is 0 Å². The van der Waals surface area contributed by atoms with Crippen LogP contribution in [0.3, 0.4) is 0 Å². The van der Waals surface area contributed by atoms with Gasteiger partial charge in [-0.05, 0) is 20.4 Å². The van der Waals surface area contributed by atoms with E-state index in [2.05, 4.69) is 15.6 Å². The number of aromatic nitrogens is 1. The van der Waals surface area contributed by atoms with Gasteiger partial charge in [0.25, 0.3) is 0 Å². The van der Waals surface area contributed by atoms with Crippen molar-refractivity contribution >= 4 is 32.2 Å². The molecule has 1 heterocycles. The number of hydrogen-bond donors (Lipinski definition) is 2. The predicted octanol–water partition coefficient (Wildman–Crippen LogP) is 1.19. The molecule has 108 valence electrons. The Hall–Kier alpha value is -0.990. The van der Waals surface area contributed by atoms with Crippen molar-refractivity contribution in [3.05, 3.63) is 11.1 Å². The van der Waals surface area contributed by atoms with Crippen LogP contribution < -0.4 is 10.6 Å². The highest BCUT2D eigenvalue weighted by molar-refractivity contribution is 7.92. The highest BCUT2D eigenvalue weighted by Crippen LogP contribution is 2.20. The second-order valence-corrected chi connectivity index (χ2v) is 7.54. The maximum atomic E-state index is 11.7. The molecule has 0 radical (unpaired) electrons. The molecule has 1 amide bonds. The summed E-state index contributed by atoms with van der Waals surface area (Å²) in [6.07, 6.45) is 1.04. The van der Waals surface area contributed by atoms with E-state index < -0.39 is 21.0 Å². The average Bonchev–Trinajstić information content (AvgIpc) is 2.75. The van der Waals surface area contributed by atoms with E-state index >= 15 is 0 Å². The van der Waals surface area contributed by atoms with Crippen LogP contribution in [-0.4, -0.2) is 37.4 Å². The number of amides is 1. The largest absolute Gasteiger partial charge is 0.309 e. The summed E-state index contributed by atoms with van der Waals surface area (Å²) < 4.78 is 22.5. The van der Waals surface area contributed by atoms with Crippen LogP contribution in [-0.2, 0) is 14.6 Å². The third kappa shape index (κ3) is 4.55. The molecule has 0 aliphatic carbocycles. The number of hydrogen-bond acceptors (Lipinski definition) is 6. The van der Waals surface area contributed by atoms with Gasteiger partial charge in [0.1, 0.15) is 5.25 Å². The third-order valence-electron chi connectivity index (χ3n) is 2.72. The quantitative estimate of drug-likeness (QED) is 0.824. The van der Waals surface area contributed by atoms with Crippen molar-refractivity contribution in [2.75, 3.05) is 18.1 Å². The standard InChI is InChI=1S/C11H19N3O3S2/c1-5-12-7(2)9-6-18-11(13-9)14-10(15)8(3)19(4,16)17/h6-8,12H,5H2,1-4H3,(H,13,14,15). The molecule has 0 aliphatic rings. The van der Waals surface area contributed by atoms with Gasteiger partial charge in [-0.3, -0.25) is 4.79 Å². The van der Waals surface area contributed by atoms with Crippen LogP contribution in [0.2, 0.25) is 0 Å². The zero-order valence-electron chi connectivity index (χ0n) is 11.4. The zero-order valence-corrected chi connectivity index (χ0v) is 13.1. The Morgan fingerprint density at radius 3 is 2.63 bits per heavy atom. The molecular weight excluding hydrogens is 286 g/mol. The molecule has 0 saturated heterocycles. The molecule has 0 aliphatic heterocycles. The van der Waals surface area contributed by atoms with Gasteiger partial charge in [-0.1, -0.05) is 6.92 Å². The van der Waals surface area contributed by atoms with E-state index in [1.807, 2.05) is 19.2 Å². The van der Waals surface area contributed by atoms with Crippen molar-refractivity contribution < 1.29 is 13.2 Å². The minimum Gasteiger partial charge on any atom is -0.309 e. The lowest BCUT2D eigenvalue weighted by atomic mass is 10.3. The van der Waals surface area contributed by atoms with E-state index in [4.69, 9.17) is 0 Å². The second-order valence-electron chi connectivity index (χ2n) is 4.32. The molecule has 2 N–H and O–H groups in total. The van der Waals surface area contributed by atoms with Crippen molar-refractivity contribution in [1.82, 2.24) is 10.3 Å². The van der Waals surface area contributed by atoms with E-state index in [0.29, 0.717) is 5.13 Å². The molecule has 19 heavy (non-hydrogen) atoms. The number of rotatable bonds is 6. The van der Waals surface area contributed by atoms with Gasteiger partial charge >= 0.3 is 0 Å². The van der Waals surface area contributed by atoms with Crippen LogP contribution in [0.4, 0.5) is 5.13 Å². The molecule has 1 aromatic heterocycles. The summed E-state index contributed by atoms with van der Waals surface area (Å²) in [7, 11) is -3.39. The van der Waals surface area contributed by atoms with Crippen LogP contribution in [0.15, 0.2) is 5.38 Å². The minimum absolute atomic E-state index is 0.0965. The average molecular weight is 305 g/mol. The van der Waals surface area contributed by atoms with Gasteiger partial charge in [0.15, 0.2) is 15.0 Å². The van der Waals surface area contributed by atoms with Crippen molar-refractivity contribution in [2.24, 2.45) is 0 Å². The fourth-order valence-electron chi connectivity index (χ4n) is 1.35. The Labute approximate surface area is 117 Å². The van der Waals surface area contributed by atoms with E-state index in [0.717, 1.165) is 18.5 Å². The van der Waals surface area contributed by atoms with Gasteiger partial charge in [-0.2, -0.15) is 0 Å². The van der Waals surface area contributed by atoms with Gasteiger partial charge in [0.05, 0.1) is 5.69 Å². The predicted molar refractivity (Wildman–Crippen MR) is 77.1 cm³/mol. The number of nitrogens with zero attached hydrogens (tertiary/aromatic N) is 1. The molecule has 0 fully saturated rings. The Bertz CT molecular complexity index is 539. The molecule has 0 aromatic carbocycles. The summed E-state index contributed by atoms with van der Waals surface area (Å²) in [6, 6.07) is 0.0965. The topological polar surface area (TPSA) is 88.2 Å². The summed E-state index contributed by atoms with van der Waals surface area (Å²) in [5.41, 5.74) is 0.828. The number of nitrogens with one attached hydrogen (secondary N) is 2. The molecular formula is C11H19N3O3S2. The Kier molecular flexibility index (Phi) is 5.45. The third-order valence-corrected chi connectivity index (χ3v) is 4.99. The van der Waals surface area contributed by atoms with E-state index in [-0.39, 0.29) is 6.04 Å². The SMILES string of the molecule is CCNC(C)c1csc(NC(=O)C(C)S(C)(=O)=O)n1. The zero-order chi connectivity index (χ0) is 14.6. The summed E-state index contributed by atoms with van der Waals surface area (Å²) in [4.78, 5) is 16.0. The highest BCUT2D eigenvalue weighted by Gasteiger charge is 2.24. The first-order valence-corrected chi connectivity index (χ1v) is 8.77. The lowest BCUT2D eigenvalue weighted by molar-refractivity contribution is -0.115. The molecule has 0 bridgehead atoms. The molecule has 6 nitrogen and oxygen atoms in total. The summed E-state index contributed by atoms with van der Waals surface area (Å²) in [5, 5.41) is 6.92. The van der Waals surface area contributed by atoms with Crippen LogP contribution in [0.1, 0.15) is 32.5 Å². The first kappa shape index (κ1) is 16.1. The van der Waals surface area contributed by atoms with Gasteiger partial charge < -0.3 is 10.6 Å². The Morgan fingerprint density at radius 1 is 1.47 bits per heavy atom. The smallest absolute Gasteiger partial charge is 0.244 e. The van der Waals surface area contributed by atoms with Crippen molar-refractivity contribution in [3.63, 3.8) is 0 Å². The van der Waals surface area contributed by atoms with Gasteiger partial charge in [-0.25, -0.2) is 13.4 Å². The van der Waals surface area contributed by atoms with Crippen LogP contribution >= 0.6 is 11.3 Å². The molecule has 2 atom stereocenters. The Balaban J connectivity index is 2.71. The van der Waals surface area contributed by atoms with Gasteiger partial charge in [-0.15, -0.1) is 11.3 Å². The fourth-order valence-corrected chi connectivity index (χ4v) is 2.61. The highest BCUT2D eigenvalue weighted by atomic mass is 32.2. The number of thiazole rings is 1. The van der Waals surface area contributed by atoms with Crippen molar-refractivity contribution in [2.45, 2.75) is 32.1 Å². The second kappa shape index (κ2) is 6.44. The van der Waals surface area contributed by atoms with Gasteiger partial charge in [0.2, 0.25) is 5.91 Å². The normalized spacial score (nSPS) is 14.9. The maximum Gasteiger partial charge on any atom is 0.244 e. The first-order valence-electron chi connectivity index (χ1n) is 5.94. The fraction of sp³-hybridized carbons (Fsp3) is 0.636. The lowest BCUT2D eigenvalue weighted by Crippen LogP contribution is -2.31. The summed E-state index contributed by atoms with van der Waals surface area (Å²) in [5.74, 6) is -0.556. The monoisotopic (exact) mass is 305 g/mol. The molecule has 8 heteroatoms. The maximum absolute atomic E-state index is 11.7. The van der Waals surface area contributed by atoms with Crippen molar-refractivity contribution in [1.29, 1.82) is 0 Å². The number of carbonyl (C=O) groups excluding carboxylic acids is 1. The molecule has 0 saturated carbocycles. The first-order chi connectivity index (χ1) is 8.75. The Morgan fingerprint density at radius 2 is 2.11 bits per heavy atom. The van der Waals surface area contributed by atoms with Crippen LogP contribution in [0.5, 0.6) is 0 Å². The minimum atomic E-state index is -3.39. The van der Waals surface area contributed by atoms with E-state index in [9.17, 15) is 13.2 Å². The van der Waals surface area contributed by atoms with Gasteiger partial charge in [0, 0.05) is 17.7 Å². The lowest BCUT2D eigenvalue weighted by Gasteiger charge is -2.09. The molecule has 2 unspecified atom stereocenters. The van der Waals surface area contributed by atoms with Crippen molar-refractivity contribution in [3.8, 4) is 0 Å². The summed E-state index contributed by atoms with van der Waals surface area (Å²) >= 11 is 1.28.